The van der Waals surface area contributed by atoms with Crippen molar-refractivity contribution >= 4 is 33.3 Å². The predicted octanol–water partition coefficient (Wildman–Crippen LogP) is 3.76. The summed E-state index contributed by atoms with van der Waals surface area (Å²) in [6.45, 7) is 4.64. The van der Waals surface area contributed by atoms with Crippen LogP contribution in [0.2, 0.25) is 0 Å². The van der Waals surface area contributed by atoms with Gasteiger partial charge in [-0.05, 0) is 45.4 Å². The maximum atomic E-state index is 12.6. The van der Waals surface area contributed by atoms with Crippen molar-refractivity contribution in [3.63, 3.8) is 0 Å². The number of hydrogen-bond donors (Lipinski definition) is 1. The van der Waals surface area contributed by atoms with Crippen LogP contribution in [0.25, 0.3) is 10.2 Å². The van der Waals surface area contributed by atoms with Crippen LogP contribution in [-0.4, -0.2) is 33.5 Å². The number of likely N-dealkylation sites (tertiary alicyclic amines) is 1. The van der Waals surface area contributed by atoms with Gasteiger partial charge in [0.15, 0.2) is 5.82 Å². The second-order valence-corrected chi connectivity index (χ2v) is 7.47. The highest BCUT2D eigenvalue weighted by Gasteiger charge is 2.35. The third kappa shape index (κ3) is 3.17. The highest BCUT2D eigenvalue weighted by atomic mass is 32.1. The van der Waals surface area contributed by atoms with E-state index in [2.05, 4.69) is 21.4 Å². The first-order valence-electron chi connectivity index (χ1n) is 8.47. The number of carbonyl (C=O) groups is 1. The molecule has 0 spiro atoms. The van der Waals surface area contributed by atoms with Crippen LogP contribution in [0.3, 0.4) is 0 Å². The van der Waals surface area contributed by atoms with Gasteiger partial charge in [0.25, 0.3) is 0 Å². The Bertz CT molecular complexity index is 870. The maximum Gasteiger partial charge on any atom is 0.242 e. The van der Waals surface area contributed by atoms with E-state index < -0.39 is 0 Å². The molecule has 2 aromatic heterocycles. The molecule has 0 radical (unpaired) electrons. The molecule has 1 N–H and O–H groups in total. The fourth-order valence-electron chi connectivity index (χ4n) is 3.36. The second kappa shape index (κ2) is 6.57. The molecule has 0 saturated carbocycles. The fourth-order valence-corrected chi connectivity index (χ4v) is 4.48. The summed E-state index contributed by atoms with van der Waals surface area (Å²) in [5, 5.41) is 7.76. The minimum atomic E-state index is -0.253. The Labute approximate surface area is 149 Å². The molecule has 1 aliphatic rings. The van der Waals surface area contributed by atoms with Crippen molar-refractivity contribution in [2.45, 2.75) is 38.8 Å². The van der Waals surface area contributed by atoms with Crippen molar-refractivity contribution in [3.8, 4) is 0 Å². The Balaban J connectivity index is 1.52. The van der Waals surface area contributed by atoms with Crippen LogP contribution >= 0.6 is 11.3 Å². The van der Waals surface area contributed by atoms with Crippen molar-refractivity contribution in [2.75, 3.05) is 11.9 Å². The molecule has 1 aromatic carbocycles. The lowest BCUT2D eigenvalue weighted by Gasteiger charge is -2.28. The zero-order chi connectivity index (χ0) is 17.4. The molecule has 1 saturated heterocycles. The van der Waals surface area contributed by atoms with Gasteiger partial charge in [-0.25, -0.2) is 4.98 Å². The highest BCUT2D eigenvalue weighted by Crippen LogP contribution is 2.37. The van der Waals surface area contributed by atoms with Crippen LogP contribution in [0, 0.1) is 6.92 Å². The van der Waals surface area contributed by atoms with Crippen LogP contribution in [0.5, 0.6) is 0 Å². The number of fused-ring (bicyclic) bond motifs is 1. The lowest BCUT2D eigenvalue weighted by Crippen LogP contribution is -2.41. The van der Waals surface area contributed by atoms with Crippen LogP contribution in [0.15, 0.2) is 34.9 Å². The number of hydrogen-bond acceptors (Lipinski definition) is 6. The molecule has 25 heavy (non-hydrogen) atoms. The molecule has 1 amide bonds. The predicted molar refractivity (Wildman–Crippen MR) is 97.6 cm³/mol. The van der Waals surface area contributed by atoms with E-state index in [1.165, 1.54) is 4.70 Å². The van der Waals surface area contributed by atoms with Crippen LogP contribution in [0.4, 0.5) is 5.82 Å². The first-order chi connectivity index (χ1) is 12.1. The number of amides is 1. The van der Waals surface area contributed by atoms with E-state index in [1.54, 1.807) is 24.3 Å². The quantitative estimate of drug-likeness (QED) is 0.771. The molecule has 2 atom stereocenters. The molecule has 2 unspecified atom stereocenters. The minimum Gasteiger partial charge on any atom is -0.360 e. The zero-order valence-corrected chi connectivity index (χ0v) is 15.0. The van der Waals surface area contributed by atoms with Crippen molar-refractivity contribution in [1.82, 2.24) is 15.0 Å². The topological polar surface area (TPSA) is 71.3 Å². The monoisotopic (exact) mass is 356 g/mol. The summed E-state index contributed by atoms with van der Waals surface area (Å²) in [7, 11) is 0. The van der Waals surface area contributed by atoms with E-state index in [-0.39, 0.29) is 18.0 Å². The van der Waals surface area contributed by atoms with Gasteiger partial charge in [-0.15, -0.1) is 11.3 Å². The molecule has 130 valence electrons. The number of anilines is 1. The molecule has 3 aromatic rings. The number of aromatic nitrogens is 2. The molecule has 0 bridgehead atoms. The Hall–Kier alpha value is -2.25. The Morgan fingerprint density at radius 2 is 2.28 bits per heavy atom. The SMILES string of the molecule is Cc1cc(NC(=O)C(C)N2CCCC2c2nc3ccccc3s2)no1. The molecule has 6 nitrogen and oxygen atoms in total. The van der Waals surface area contributed by atoms with Crippen molar-refractivity contribution in [3.05, 3.63) is 41.1 Å². The number of rotatable bonds is 4. The van der Waals surface area contributed by atoms with Gasteiger partial charge >= 0.3 is 0 Å². The third-order valence-corrected chi connectivity index (χ3v) is 5.78. The maximum absolute atomic E-state index is 12.6. The molecular weight excluding hydrogens is 336 g/mol. The molecule has 7 heteroatoms. The van der Waals surface area contributed by atoms with Gasteiger partial charge in [0.2, 0.25) is 5.91 Å². The van der Waals surface area contributed by atoms with Crippen molar-refractivity contribution in [2.24, 2.45) is 0 Å². The van der Waals surface area contributed by atoms with Gasteiger partial charge < -0.3 is 9.84 Å². The molecule has 3 heterocycles. The van der Waals surface area contributed by atoms with Gasteiger partial charge in [-0.2, -0.15) is 0 Å². The average Bonchev–Trinajstić information content (AvgIpc) is 3.32. The van der Waals surface area contributed by atoms with Crippen molar-refractivity contribution in [1.29, 1.82) is 0 Å². The van der Waals surface area contributed by atoms with Crippen molar-refractivity contribution < 1.29 is 9.32 Å². The lowest BCUT2D eigenvalue weighted by molar-refractivity contribution is -0.121. The summed E-state index contributed by atoms with van der Waals surface area (Å²) in [6.07, 6.45) is 2.10. The summed E-state index contributed by atoms with van der Waals surface area (Å²) in [6, 6.07) is 9.84. The van der Waals surface area contributed by atoms with Gasteiger partial charge in [-0.1, -0.05) is 17.3 Å². The van der Waals surface area contributed by atoms with E-state index in [9.17, 15) is 4.79 Å². The second-order valence-electron chi connectivity index (χ2n) is 6.40. The molecular formula is C18H20N4O2S. The first kappa shape index (κ1) is 16.2. The molecule has 1 fully saturated rings. The van der Waals surface area contributed by atoms with Crippen LogP contribution in [0.1, 0.15) is 36.6 Å². The van der Waals surface area contributed by atoms with E-state index >= 15 is 0 Å². The number of nitrogens with one attached hydrogen (secondary N) is 1. The minimum absolute atomic E-state index is 0.0682. The number of carbonyl (C=O) groups excluding carboxylic acids is 1. The van der Waals surface area contributed by atoms with Crippen LogP contribution < -0.4 is 5.32 Å². The Morgan fingerprint density at radius 1 is 1.44 bits per heavy atom. The first-order valence-corrected chi connectivity index (χ1v) is 9.29. The van der Waals surface area contributed by atoms with Gasteiger partial charge in [0, 0.05) is 6.07 Å². The summed E-state index contributed by atoms with van der Waals surface area (Å²) < 4.78 is 6.20. The number of benzene rings is 1. The Morgan fingerprint density at radius 3 is 3.04 bits per heavy atom. The van der Waals surface area contributed by atoms with Gasteiger partial charge in [0.05, 0.1) is 22.3 Å². The smallest absolute Gasteiger partial charge is 0.242 e. The largest absolute Gasteiger partial charge is 0.360 e. The summed E-state index contributed by atoms with van der Waals surface area (Å²) in [4.78, 5) is 19.6. The van der Waals surface area contributed by atoms with Gasteiger partial charge in [0.1, 0.15) is 10.8 Å². The van der Waals surface area contributed by atoms with E-state index in [1.807, 2.05) is 25.1 Å². The van der Waals surface area contributed by atoms with E-state index in [0.29, 0.717) is 11.6 Å². The number of nitrogens with zero attached hydrogens (tertiary/aromatic N) is 3. The highest BCUT2D eigenvalue weighted by molar-refractivity contribution is 7.18. The van der Waals surface area contributed by atoms with Gasteiger partial charge in [-0.3, -0.25) is 9.69 Å². The fraction of sp³-hybridized carbons (Fsp3) is 0.389. The number of aryl methyl sites for hydroxylation is 1. The third-order valence-electron chi connectivity index (χ3n) is 4.65. The standard InChI is InChI=1S/C18H20N4O2S/c1-11-10-16(21-24-11)20-17(23)12(2)22-9-5-7-14(22)18-19-13-6-3-4-8-15(13)25-18/h3-4,6,8,10,12,14H,5,7,9H2,1-2H3,(H,20,21,23). The average molecular weight is 356 g/mol. The number of para-hydroxylation sites is 1. The summed E-state index contributed by atoms with van der Waals surface area (Å²) in [5.74, 6) is 1.07. The molecule has 4 rings (SSSR count). The molecule has 1 aliphatic heterocycles. The van der Waals surface area contributed by atoms with Crippen LogP contribution in [-0.2, 0) is 4.79 Å². The lowest BCUT2D eigenvalue weighted by atomic mass is 10.2. The molecule has 0 aliphatic carbocycles. The van der Waals surface area contributed by atoms with E-state index in [4.69, 9.17) is 9.51 Å². The summed E-state index contributed by atoms with van der Waals surface area (Å²) >= 11 is 1.72. The van der Waals surface area contributed by atoms with E-state index in [0.717, 1.165) is 29.9 Å². The summed E-state index contributed by atoms with van der Waals surface area (Å²) in [5.41, 5.74) is 1.03. The zero-order valence-electron chi connectivity index (χ0n) is 14.2. The number of thiazole rings is 1. The Kier molecular flexibility index (Phi) is 4.27. The normalized spacial score (nSPS) is 19.4.